The van der Waals surface area contributed by atoms with Gasteiger partial charge in [0.15, 0.2) is 0 Å². The number of halogens is 1. The average Bonchev–Trinajstić information content (AvgIpc) is 2.09. The second-order valence-electron chi connectivity index (χ2n) is 3.72. The Kier molecular flexibility index (Phi) is 3.31. The zero-order valence-corrected chi connectivity index (χ0v) is 9.85. The van der Waals surface area contributed by atoms with Crippen LogP contribution < -0.4 is 5.32 Å². The van der Waals surface area contributed by atoms with E-state index < -0.39 is 0 Å². The van der Waals surface area contributed by atoms with E-state index >= 15 is 0 Å². The van der Waals surface area contributed by atoms with Crippen LogP contribution in [0.3, 0.4) is 0 Å². The molecule has 0 bridgehead atoms. The van der Waals surface area contributed by atoms with Crippen molar-refractivity contribution in [2.45, 2.75) is 32.7 Å². The number of hydrogen-bond donors (Lipinski definition) is 1. The first-order chi connectivity index (χ1) is 6.05. The van der Waals surface area contributed by atoms with Crippen LogP contribution in [0, 0.1) is 0 Å². The zero-order chi connectivity index (χ0) is 9.90. The van der Waals surface area contributed by atoms with Gasteiger partial charge in [-0.15, -0.1) is 0 Å². The molecule has 1 aromatic heterocycles. The number of nitrogens with one attached hydrogen (secondary N) is 1. The zero-order valence-electron chi connectivity index (χ0n) is 8.26. The minimum Gasteiger partial charge on any atom is -0.379 e. The fraction of sp³-hybridized carbons (Fsp3) is 0.500. The quantitative estimate of drug-likeness (QED) is 0.879. The summed E-state index contributed by atoms with van der Waals surface area (Å²) in [6.45, 7) is 6.53. The van der Waals surface area contributed by atoms with Gasteiger partial charge in [-0.3, -0.25) is 4.98 Å². The molecule has 0 unspecified atom stereocenters. The van der Waals surface area contributed by atoms with E-state index in [-0.39, 0.29) is 5.54 Å². The van der Waals surface area contributed by atoms with Gasteiger partial charge in [-0.1, -0.05) is 6.92 Å². The summed E-state index contributed by atoms with van der Waals surface area (Å²) in [4.78, 5) is 4.01. The van der Waals surface area contributed by atoms with Crippen LogP contribution >= 0.6 is 15.9 Å². The molecule has 0 amide bonds. The summed E-state index contributed by atoms with van der Waals surface area (Å²) in [7, 11) is 0. The molecule has 0 fully saturated rings. The average molecular weight is 243 g/mol. The third kappa shape index (κ3) is 2.99. The maximum atomic E-state index is 4.01. The molecule has 1 rings (SSSR count). The van der Waals surface area contributed by atoms with Crippen LogP contribution in [-0.2, 0) is 0 Å². The Morgan fingerprint density at radius 1 is 1.54 bits per heavy atom. The van der Waals surface area contributed by atoms with Crippen molar-refractivity contribution >= 4 is 21.6 Å². The maximum absolute atomic E-state index is 4.01. The number of hydrogen-bond acceptors (Lipinski definition) is 2. The van der Waals surface area contributed by atoms with Crippen LogP contribution in [0.2, 0.25) is 0 Å². The van der Waals surface area contributed by atoms with Gasteiger partial charge in [0.2, 0.25) is 0 Å². The molecule has 0 radical (unpaired) electrons. The smallest absolute Gasteiger partial charge is 0.0590 e. The van der Waals surface area contributed by atoms with Gasteiger partial charge in [0.1, 0.15) is 0 Å². The predicted octanol–water partition coefficient (Wildman–Crippen LogP) is 3.44. The van der Waals surface area contributed by atoms with Gasteiger partial charge >= 0.3 is 0 Å². The van der Waals surface area contributed by atoms with Crippen LogP contribution in [-0.4, -0.2) is 10.5 Å². The Morgan fingerprint density at radius 2 is 2.23 bits per heavy atom. The maximum Gasteiger partial charge on any atom is 0.0590 e. The molecule has 1 N–H and O–H groups in total. The molecule has 0 aliphatic carbocycles. The number of anilines is 1. The lowest BCUT2D eigenvalue weighted by atomic mass is 10.0. The standard InChI is InChI=1S/C10H15BrN2/c1-4-10(2,3)13-9-5-6-12-7-8(9)11/h5-7H,4H2,1-3H3,(H,12,13). The molecule has 0 aliphatic heterocycles. The highest BCUT2D eigenvalue weighted by Gasteiger charge is 2.15. The van der Waals surface area contributed by atoms with Gasteiger partial charge < -0.3 is 5.32 Å². The first kappa shape index (κ1) is 10.5. The lowest BCUT2D eigenvalue weighted by Gasteiger charge is -2.26. The molecular weight excluding hydrogens is 228 g/mol. The fourth-order valence-electron chi connectivity index (χ4n) is 0.930. The molecule has 0 aromatic carbocycles. The second-order valence-corrected chi connectivity index (χ2v) is 4.57. The molecule has 13 heavy (non-hydrogen) atoms. The summed E-state index contributed by atoms with van der Waals surface area (Å²) in [5.74, 6) is 0. The van der Waals surface area contributed by atoms with E-state index in [1.54, 1.807) is 12.4 Å². The summed E-state index contributed by atoms with van der Waals surface area (Å²) in [6, 6.07) is 1.97. The van der Waals surface area contributed by atoms with Crippen molar-refractivity contribution in [3.63, 3.8) is 0 Å². The van der Waals surface area contributed by atoms with Gasteiger partial charge in [-0.25, -0.2) is 0 Å². The summed E-state index contributed by atoms with van der Waals surface area (Å²) in [5.41, 5.74) is 1.23. The Hall–Kier alpha value is -0.570. The normalized spacial score (nSPS) is 11.4. The Balaban J connectivity index is 2.80. The molecule has 0 spiro atoms. The van der Waals surface area contributed by atoms with E-state index in [2.05, 4.69) is 47.0 Å². The van der Waals surface area contributed by atoms with Crippen LogP contribution in [0.15, 0.2) is 22.9 Å². The van der Waals surface area contributed by atoms with E-state index in [1.807, 2.05) is 6.07 Å². The largest absolute Gasteiger partial charge is 0.379 e. The van der Waals surface area contributed by atoms with Gasteiger partial charge in [0.25, 0.3) is 0 Å². The molecule has 2 nitrogen and oxygen atoms in total. The highest BCUT2D eigenvalue weighted by atomic mass is 79.9. The van der Waals surface area contributed by atoms with Gasteiger partial charge in [-0.05, 0) is 42.3 Å². The van der Waals surface area contributed by atoms with Gasteiger partial charge in [-0.2, -0.15) is 0 Å². The minimum absolute atomic E-state index is 0.129. The SMILES string of the molecule is CCC(C)(C)Nc1ccncc1Br. The summed E-state index contributed by atoms with van der Waals surface area (Å²) in [6.07, 6.45) is 4.68. The molecule has 0 atom stereocenters. The van der Waals surface area contributed by atoms with E-state index in [0.29, 0.717) is 0 Å². The van der Waals surface area contributed by atoms with E-state index in [4.69, 9.17) is 0 Å². The van der Waals surface area contributed by atoms with Crippen LogP contribution in [0.4, 0.5) is 5.69 Å². The lowest BCUT2D eigenvalue weighted by Crippen LogP contribution is -2.29. The molecule has 72 valence electrons. The number of pyridine rings is 1. The summed E-state index contributed by atoms with van der Waals surface area (Å²) < 4.78 is 1.01. The first-order valence-corrected chi connectivity index (χ1v) is 5.22. The Labute approximate surface area is 87.9 Å². The fourth-order valence-corrected chi connectivity index (χ4v) is 1.28. The number of nitrogens with zero attached hydrogens (tertiary/aromatic N) is 1. The second kappa shape index (κ2) is 4.09. The molecule has 1 heterocycles. The number of aromatic nitrogens is 1. The molecule has 0 saturated heterocycles. The molecule has 0 saturated carbocycles. The van der Waals surface area contributed by atoms with Gasteiger partial charge in [0, 0.05) is 17.9 Å². The van der Waals surface area contributed by atoms with Crippen molar-refractivity contribution in [2.24, 2.45) is 0 Å². The van der Waals surface area contributed by atoms with Crippen molar-refractivity contribution < 1.29 is 0 Å². The number of rotatable bonds is 3. The molecule has 3 heteroatoms. The van der Waals surface area contributed by atoms with Crippen molar-refractivity contribution in [3.8, 4) is 0 Å². The van der Waals surface area contributed by atoms with Crippen molar-refractivity contribution in [1.82, 2.24) is 4.98 Å². The lowest BCUT2D eigenvalue weighted by molar-refractivity contribution is 0.547. The van der Waals surface area contributed by atoms with E-state index in [9.17, 15) is 0 Å². The van der Waals surface area contributed by atoms with Crippen molar-refractivity contribution in [1.29, 1.82) is 0 Å². The van der Waals surface area contributed by atoms with Crippen LogP contribution in [0.25, 0.3) is 0 Å². The summed E-state index contributed by atoms with van der Waals surface area (Å²) >= 11 is 3.45. The van der Waals surface area contributed by atoms with E-state index in [1.165, 1.54) is 0 Å². The predicted molar refractivity (Wildman–Crippen MR) is 59.9 cm³/mol. The molecule has 1 aromatic rings. The summed E-state index contributed by atoms with van der Waals surface area (Å²) in [5, 5.41) is 3.45. The van der Waals surface area contributed by atoms with Crippen molar-refractivity contribution in [3.05, 3.63) is 22.9 Å². The molecular formula is C10H15BrN2. The van der Waals surface area contributed by atoms with Gasteiger partial charge in [0.05, 0.1) is 10.2 Å². The Morgan fingerprint density at radius 3 is 2.77 bits per heavy atom. The minimum atomic E-state index is 0.129. The molecule has 0 aliphatic rings. The highest BCUT2D eigenvalue weighted by molar-refractivity contribution is 9.10. The first-order valence-electron chi connectivity index (χ1n) is 4.43. The van der Waals surface area contributed by atoms with Crippen LogP contribution in [0.5, 0.6) is 0 Å². The third-order valence-electron chi connectivity index (χ3n) is 2.13. The Bertz CT molecular complexity index is 284. The topological polar surface area (TPSA) is 24.9 Å². The van der Waals surface area contributed by atoms with E-state index in [0.717, 1.165) is 16.6 Å². The third-order valence-corrected chi connectivity index (χ3v) is 2.76. The van der Waals surface area contributed by atoms with Crippen LogP contribution in [0.1, 0.15) is 27.2 Å². The highest BCUT2D eigenvalue weighted by Crippen LogP contribution is 2.24. The monoisotopic (exact) mass is 242 g/mol. The van der Waals surface area contributed by atoms with Crippen molar-refractivity contribution in [2.75, 3.05) is 5.32 Å².